The summed E-state index contributed by atoms with van der Waals surface area (Å²) in [4.78, 5) is 0. The molecule has 0 saturated heterocycles. The monoisotopic (exact) mass is 453 g/mol. The molecule has 0 spiro atoms. The van der Waals surface area contributed by atoms with Crippen LogP contribution >= 0.6 is 0 Å². The first-order valence-corrected chi connectivity index (χ1v) is 11.0. The summed E-state index contributed by atoms with van der Waals surface area (Å²) in [7, 11) is 1.67. The lowest BCUT2D eigenvalue weighted by Gasteiger charge is -2.07. The highest BCUT2D eigenvalue weighted by molar-refractivity contribution is 6.13. The largest absolute Gasteiger partial charge is 0.454 e. The molecular weight excluding hydrogens is 428 g/mol. The highest BCUT2D eigenvalue weighted by Gasteiger charge is 2.24. The number of aromatic nitrogens is 1. The lowest BCUT2D eigenvalue weighted by molar-refractivity contribution is -0.661. The van der Waals surface area contributed by atoms with Gasteiger partial charge in [-0.2, -0.15) is 0 Å². The number of pyridine rings is 1. The van der Waals surface area contributed by atoms with Crippen LogP contribution in [0.2, 0.25) is 0 Å². The zero-order valence-corrected chi connectivity index (χ0v) is 18.6. The van der Waals surface area contributed by atoms with E-state index in [9.17, 15) is 4.39 Å². The van der Waals surface area contributed by atoms with Crippen molar-refractivity contribution < 1.29 is 21.9 Å². The van der Waals surface area contributed by atoms with E-state index in [1.807, 2.05) is 61.5 Å². The Bertz CT molecular complexity index is 1870. The molecule has 0 fully saturated rings. The first-order chi connectivity index (χ1) is 17.6. The first-order valence-electron chi connectivity index (χ1n) is 12.5. The van der Waals surface area contributed by atoms with Gasteiger partial charge in [-0.15, -0.1) is 0 Å². The van der Waals surface area contributed by atoms with Gasteiger partial charge in [0.25, 0.3) is 0 Å². The second-order valence-corrected chi connectivity index (χ2v) is 8.63. The van der Waals surface area contributed by atoms with Gasteiger partial charge in [-0.05, 0) is 53.9 Å². The Morgan fingerprint density at radius 3 is 2.29 bits per heavy atom. The van der Waals surface area contributed by atoms with Crippen LogP contribution in [-0.4, -0.2) is 0 Å². The first kappa shape index (κ1) is 17.4. The van der Waals surface area contributed by atoms with Crippen LogP contribution in [0, 0.1) is 25.4 Å². The maximum atomic E-state index is 15.3. The van der Waals surface area contributed by atoms with Crippen LogP contribution in [0.3, 0.4) is 0 Å². The predicted octanol–water partition coefficient (Wildman–Crippen LogP) is 7.79. The third-order valence-corrected chi connectivity index (χ3v) is 6.48. The van der Waals surface area contributed by atoms with Gasteiger partial charge in [0, 0.05) is 26.5 Å². The topological polar surface area (TPSA) is 17.0 Å². The average Bonchev–Trinajstić information content (AvgIpc) is 3.22. The number of aryl methyl sites for hydroxylation is 3. The highest BCUT2D eigenvalue weighted by atomic mass is 19.1. The maximum Gasteiger partial charge on any atom is 0.219 e. The van der Waals surface area contributed by atoms with E-state index in [0.717, 1.165) is 27.1 Å². The van der Waals surface area contributed by atoms with E-state index in [1.165, 1.54) is 18.3 Å². The van der Waals surface area contributed by atoms with Gasteiger partial charge in [0.05, 0.1) is 11.1 Å². The van der Waals surface area contributed by atoms with Crippen molar-refractivity contribution in [2.45, 2.75) is 13.8 Å². The molecule has 0 bridgehead atoms. The fourth-order valence-corrected chi connectivity index (χ4v) is 4.78. The van der Waals surface area contributed by atoms with Gasteiger partial charge in [0.2, 0.25) is 5.69 Å². The molecule has 2 nitrogen and oxygen atoms in total. The van der Waals surface area contributed by atoms with Gasteiger partial charge >= 0.3 is 0 Å². The third-order valence-electron chi connectivity index (χ3n) is 6.48. The van der Waals surface area contributed by atoms with Gasteiger partial charge in [-0.3, -0.25) is 0 Å². The Morgan fingerprint density at radius 1 is 0.765 bits per heavy atom. The van der Waals surface area contributed by atoms with Crippen LogP contribution < -0.4 is 4.57 Å². The molecule has 0 radical (unpaired) electrons. The lowest BCUT2D eigenvalue weighted by atomic mass is 9.97. The molecule has 0 unspecified atom stereocenters. The Kier molecular flexibility index (Phi) is 3.84. The summed E-state index contributed by atoms with van der Waals surface area (Å²) in [5.74, 6) is -1.22. The lowest BCUT2D eigenvalue weighted by Crippen LogP contribution is -2.31. The van der Waals surface area contributed by atoms with Crippen molar-refractivity contribution in [2.75, 3.05) is 0 Å². The van der Waals surface area contributed by atoms with E-state index in [1.54, 1.807) is 17.7 Å². The standard InChI is InChI=1S/C30H22F2NO/c1-17-8-11-22-23-12-13-24(31)28(21-10-9-19-6-4-5-7-20(19)14-21)30(23)34-29(22)27(17)26-15-25(32)18(2)16-33(26)3/h4-16H,1-3H3/q+1/i2D3. The minimum Gasteiger partial charge on any atom is -0.454 e. The summed E-state index contributed by atoms with van der Waals surface area (Å²) < 4.78 is 61.2. The number of nitrogens with zero attached hydrogens (tertiary/aromatic N) is 1. The van der Waals surface area contributed by atoms with Crippen LogP contribution in [0.25, 0.3) is 55.1 Å². The second kappa shape index (κ2) is 7.49. The normalized spacial score (nSPS) is 13.4. The van der Waals surface area contributed by atoms with Crippen molar-refractivity contribution in [3.8, 4) is 22.4 Å². The fourth-order valence-electron chi connectivity index (χ4n) is 4.78. The molecule has 4 heteroatoms. The number of hydrogen-bond acceptors (Lipinski definition) is 1. The van der Waals surface area contributed by atoms with Crippen molar-refractivity contribution in [1.82, 2.24) is 0 Å². The van der Waals surface area contributed by atoms with Gasteiger partial charge in [-0.1, -0.05) is 48.5 Å². The summed E-state index contributed by atoms with van der Waals surface area (Å²) >= 11 is 0. The Hall–Kier alpha value is -4.05. The molecule has 4 aromatic carbocycles. The van der Waals surface area contributed by atoms with Crippen LogP contribution in [0.15, 0.2) is 83.4 Å². The molecule has 0 atom stereocenters. The number of benzene rings is 4. The SMILES string of the molecule is [2H]C([2H])([2H])c1c[n+](C)c(-c2c(C)ccc3c2oc2c(-c4ccc5ccccc5c4)c(F)ccc23)cc1F. The maximum absolute atomic E-state index is 15.3. The minimum atomic E-state index is -2.58. The number of fused-ring (bicyclic) bond motifs is 4. The summed E-state index contributed by atoms with van der Waals surface area (Å²) in [6, 6.07) is 21.8. The van der Waals surface area contributed by atoms with Gasteiger partial charge in [-0.25, -0.2) is 13.3 Å². The van der Waals surface area contributed by atoms with Crippen molar-refractivity contribution in [3.05, 3.63) is 102 Å². The van der Waals surface area contributed by atoms with Crippen molar-refractivity contribution >= 4 is 32.7 Å². The Balaban J connectivity index is 1.65. The zero-order valence-electron chi connectivity index (χ0n) is 21.6. The molecule has 6 rings (SSSR count). The Labute approximate surface area is 199 Å². The van der Waals surface area contributed by atoms with E-state index in [0.29, 0.717) is 33.6 Å². The van der Waals surface area contributed by atoms with Crippen LogP contribution in [0.4, 0.5) is 8.78 Å². The molecule has 0 aliphatic heterocycles. The highest BCUT2D eigenvalue weighted by Crippen LogP contribution is 2.42. The molecule has 2 heterocycles. The average molecular weight is 454 g/mol. The minimum absolute atomic E-state index is 0.353. The quantitative estimate of drug-likeness (QED) is 0.245. The smallest absolute Gasteiger partial charge is 0.219 e. The predicted molar refractivity (Wildman–Crippen MR) is 133 cm³/mol. The van der Waals surface area contributed by atoms with Crippen molar-refractivity contribution in [1.29, 1.82) is 0 Å². The van der Waals surface area contributed by atoms with Gasteiger partial charge < -0.3 is 4.42 Å². The molecule has 0 N–H and O–H groups in total. The zero-order chi connectivity index (χ0) is 26.1. The van der Waals surface area contributed by atoms with Crippen LogP contribution in [0.1, 0.15) is 15.2 Å². The molecule has 0 aliphatic rings. The van der Waals surface area contributed by atoms with Crippen molar-refractivity contribution in [3.63, 3.8) is 0 Å². The molecule has 2 aromatic heterocycles. The molecule has 0 aliphatic carbocycles. The fraction of sp³-hybridized carbons (Fsp3) is 0.100. The van der Waals surface area contributed by atoms with Gasteiger partial charge in [0.15, 0.2) is 6.20 Å². The molecule has 0 saturated carbocycles. The van der Waals surface area contributed by atoms with E-state index >= 15 is 4.39 Å². The Morgan fingerprint density at radius 2 is 1.50 bits per heavy atom. The summed E-state index contributed by atoms with van der Waals surface area (Å²) in [5.41, 5.74) is 3.48. The summed E-state index contributed by atoms with van der Waals surface area (Å²) in [6.07, 6.45) is 1.29. The van der Waals surface area contributed by atoms with Crippen LogP contribution in [-0.2, 0) is 7.05 Å². The number of rotatable bonds is 2. The van der Waals surface area contributed by atoms with E-state index < -0.39 is 18.5 Å². The summed E-state index contributed by atoms with van der Waals surface area (Å²) in [5, 5.41) is 3.54. The molecule has 166 valence electrons. The third kappa shape index (κ3) is 3.02. The number of furan rings is 1. The van der Waals surface area contributed by atoms with E-state index in [4.69, 9.17) is 8.53 Å². The molecule has 0 amide bonds. The molecule has 6 aromatic rings. The van der Waals surface area contributed by atoms with E-state index in [2.05, 4.69) is 0 Å². The number of hydrogen-bond donors (Lipinski definition) is 0. The van der Waals surface area contributed by atoms with Crippen LogP contribution in [0.5, 0.6) is 0 Å². The van der Waals surface area contributed by atoms with Crippen molar-refractivity contribution in [2.24, 2.45) is 7.05 Å². The summed E-state index contributed by atoms with van der Waals surface area (Å²) in [6.45, 7) is -0.699. The van der Waals surface area contributed by atoms with Gasteiger partial charge in [0.1, 0.15) is 29.8 Å². The molecule has 34 heavy (non-hydrogen) atoms. The number of halogens is 2. The molecular formula is C30H22F2NO+. The van der Waals surface area contributed by atoms with E-state index in [-0.39, 0.29) is 5.56 Å². The second-order valence-electron chi connectivity index (χ2n) is 8.63.